The third-order valence-corrected chi connectivity index (χ3v) is 3.95. The van der Waals surface area contributed by atoms with Crippen LogP contribution < -0.4 is 5.32 Å². The van der Waals surface area contributed by atoms with Crippen molar-refractivity contribution in [2.75, 3.05) is 19.6 Å². The van der Waals surface area contributed by atoms with Crippen molar-refractivity contribution < 1.29 is 0 Å². The minimum Gasteiger partial charge on any atom is -0.312 e. The van der Waals surface area contributed by atoms with Crippen LogP contribution in [0, 0.1) is 5.92 Å². The molecule has 1 heterocycles. The Morgan fingerprint density at radius 1 is 1.40 bits per heavy atom. The Labute approximate surface area is 95.4 Å². The Morgan fingerprint density at radius 3 is 2.60 bits per heavy atom. The van der Waals surface area contributed by atoms with Gasteiger partial charge in [-0.3, -0.25) is 4.90 Å². The van der Waals surface area contributed by atoms with Crippen molar-refractivity contribution in [2.45, 2.75) is 59.0 Å². The van der Waals surface area contributed by atoms with Gasteiger partial charge in [0.15, 0.2) is 0 Å². The van der Waals surface area contributed by atoms with E-state index < -0.39 is 0 Å². The van der Waals surface area contributed by atoms with Crippen molar-refractivity contribution in [1.82, 2.24) is 10.2 Å². The first-order chi connectivity index (χ1) is 6.97. The average Bonchev–Trinajstić information content (AvgIpc) is 2.43. The molecule has 0 aliphatic carbocycles. The van der Waals surface area contributed by atoms with E-state index in [0.717, 1.165) is 5.92 Å². The fourth-order valence-electron chi connectivity index (χ4n) is 2.17. The number of nitrogens with one attached hydrogen (secondary N) is 1. The minimum absolute atomic E-state index is 0.360. The van der Waals surface area contributed by atoms with Crippen molar-refractivity contribution in [3.8, 4) is 0 Å². The maximum absolute atomic E-state index is 3.67. The summed E-state index contributed by atoms with van der Waals surface area (Å²) in [7, 11) is 0. The van der Waals surface area contributed by atoms with Crippen molar-refractivity contribution in [1.29, 1.82) is 0 Å². The highest BCUT2D eigenvalue weighted by molar-refractivity contribution is 4.87. The summed E-state index contributed by atoms with van der Waals surface area (Å²) >= 11 is 0. The molecule has 0 radical (unpaired) electrons. The predicted octanol–water partition coefficient (Wildman–Crippen LogP) is 2.49. The standard InChI is InChI=1S/C13H28N2/c1-6-13(4,5)15-9-7-8-14-12(10-15)11(2)3/h11-12,14H,6-10H2,1-5H3. The summed E-state index contributed by atoms with van der Waals surface area (Å²) < 4.78 is 0. The smallest absolute Gasteiger partial charge is 0.0218 e. The van der Waals surface area contributed by atoms with E-state index in [9.17, 15) is 0 Å². The fraction of sp³-hybridized carbons (Fsp3) is 1.00. The summed E-state index contributed by atoms with van der Waals surface area (Å²) in [6.07, 6.45) is 2.52. The highest BCUT2D eigenvalue weighted by Crippen LogP contribution is 2.21. The molecule has 0 aromatic heterocycles. The maximum atomic E-state index is 3.67. The molecular formula is C13H28N2. The van der Waals surface area contributed by atoms with Gasteiger partial charge >= 0.3 is 0 Å². The van der Waals surface area contributed by atoms with E-state index in [-0.39, 0.29) is 0 Å². The van der Waals surface area contributed by atoms with Gasteiger partial charge in [0.1, 0.15) is 0 Å². The minimum atomic E-state index is 0.360. The molecular weight excluding hydrogens is 184 g/mol. The second-order valence-electron chi connectivity index (χ2n) is 5.77. The number of nitrogens with zero attached hydrogens (tertiary/aromatic N) is 1. The summed E-state index contributed by atoms with van der Waals surface area (Å²) in [5.74, 6) is 0.734. The van der Waals surface area contributed by atoms with Crippen LogP contribution in [-0.4, -0.2) is 36.1 Å². The molecule has 0 spiro atoms. The van der Waals surface area contributed by atoms with Crippen molar-refractivity contribution >= 4 is 0 Å². The van der Waals surface area contributed by atoms with Gasteiger partial charge < -0.3 is 5.32 Å². The molecule has 0 saturated carbocycles. The van der Waals surface area contributed by atoms with Gasteiger partial charge in [-0.15, -0.1) is 0 Å². The zero-order valence-electron chi connectivity index (χ0n) is 11.1. The van der Waals surface area contributed by atoms with Crippen LogP contribution in [0.4, 0.5) is 0 Å². The van der Waals surface area contributed by atoms with Crippen LogP contribution in [0.25, 0.3) is 0 Å². The molecule has 1 fully saturated rings. The van der Waals surface area contributed by atoms with Crippen LogP contribution in [0.3, 0.4) is 0 Å². The molecule has 2 heteroatoms. The van der Waals surface area contributed by atoms with Crippen LogP contribution in [-0.2, 0) is 0 Å². The normalized spacial score (nSPS) is 25.6. The lowest BCUT2D eigenvalue weighted by molar-refractivity contribution is 0.107. The molecule has 90 valence electrons. The topological polar surface area (TPSA) is 15.3 Å². The molecule has 2 nitrogen and oxygen atoms in total. The van der Waals surface area contributed by atoms with E-state index in [2.05, 4.69) is 44.8 Å². The summed E-state index contributed by atoms with van der Waals surface area (Å²) in [6.45, 7) is 15.3. The van der Waals surface area contributed by atoms with Gasteiger partial charge in [-0.05, 0) is 45.7 Å². The molecule has 15 heavy (non-hydrogen) atoms. The van der Waals surface area contributed by atoms with Gasteiger partial charge in [0.05, 0.1) is 0 Å². The molecule has 1 saturated heterocycles. The number of hydrogen-bond acceptors (Lipinski definition) is 2. The Morgan fingerprint density at radius 2 is 2.07 bits per heavy atom. The SMILES string of the molecule is CCC(C)(C)N1CCCNC(C(C)C)C1. The van der Waals surface area contributed by atoms with Crippen LogP contribution in [0.15, 0.2) is 0 Å². The Balaban J connectivity index is 2.64. The highest BCUT2D eigenvalue weighted by Gasteiger charge is 2.29. The lowest BCUT2D eigenvalue weighted by Gasteiger charge is -2.39. The van der Waals surface area contributed by atoms with Crippen molar-refractivity contribution in [3.63, 3.8) is 0 Å². The molecule has 1 aliphatic heterocycles. The first-order valence-corrected chi connectivity index (χ1v) is 6.46. The van der Waals surface area contributed by atoms with Crippen molar-refractivity contribution in [3.05, 3.63) is 0 Å². The van der Waals surface area contributed by atoms with Crippen LogP contribution in [0.5, 0.6) is 0 Å². The summed E-state index contributed by atoms with van der Waals surface area (Å²) in [5, 5.41) is 3.67. The van der Waals surface area contributed by atoms with E-state index in [4.69, 9.17) is 0 Å². The third-order valence-electron chi connectivity index (χ3n) is 3.95. The lowest BCUT2D eigenvalue weighted by Crippen LogP contribution is -2.49. The van der Waals surface area contributed by atoms with Crippen LogP contribution in [0.2, 0.25) is 0 Å². The van der Waals surface area contributed by atoms with Crippen LogP contribution in [0.1, 0.15) is 47.5 Å². The average molecular weight is 212 g/mol. The molecule has 1 unspecified atom stereocenters. The highest BCUT2D eigenvalue weighted by atomic mass is 15.2. The quantitative estimate of drug-likeness (QED) is 0.773. The summed E-state index contributed by atoms with van der Waals surface area (Å²) in [5.41, 5.74) is 0.360. The van der Waals surface area contributed by atoms with E-state index in [1.807, 2.05) is 0 Å². The second-order valence-corrected chi connectivity index (χ2v) is 5.77. The zero-order chi connectivity index (χ0) is 11.5. The Hall–Kier alpha value is -0.0800. The van der Waals surface area contributed by atoms with E-state index in [1.54, 1.807) is 0 Å². The first kappa shape index (κ1) is 13.0. The zero-order valence-corrected chi connectivity index (χ0v) is 11.1. The van der Waals surface area contributed by atoms with Gasteiger partial charge in [-0.1, -0.05) is 20.8 Å². The Bertz CT molecular complexity index is 187. The fourth-order valence-corrected chi connectivity index (χ4v) is 2.17. The second kappa shape index (κ2) is 5.31. The van der Waals surface area contributed by atoms with Crippen molar-refractivity contribution in [2.24, 2.45) is 5.92 Å². The maximum Gasteiger partial charge on any atom is 0.0218 e. The summed E-state index contributed by atoms with van der Waals surface area (Å²) in [4.78, 5) is 2.66. The largest absolute Gasteiger partial charge is 0.312 e. The molecule has 0 aromatic rings. The number of rotatable bonds is 3. The molecule has 1 N–H and O–H groups in total. The monoisotopic (exact) mass is 212 g/mol. The predicted molar refractivity (Wildman–Crippen MR) is 67.2 cm³/mol. The van der Waals surface area contributed by atoms with Gasteiger partial charge in [0.2, 0.25) is 0 Å². The third kappa shape index (κ3) is 3.46. The molecule has 1 atom stereocenters. The molecule has 1 aliphatic rings. The molecule has 1 rings (SSSR count). The van der Waals surface area contributed by atoms with Gasteiger partial charge in [0, 0.05) is 18.1 Å². The van der Waals surface area contributed by atoms with Gasteiger partial charge in [-0.2, -0.15) is 0 Å². The molecule has 0 aromatic carbocycles. The molecule has 0 amide bonds. The number of hydrogen-bond donors (Lipinski definition) is 1. The van der Waals surface area contributed by atoms with E-state index in [0.29, 0.717) is 11.6 Å². The lowest BCUT2D eigenvalue weighted by atomic mass is 9.96. The molecule has 0 bridgehead atoms. The van der Waals surface area contributed by atoms with E-state index >= 15 is 0 Å². The Kier molecular flexibility index (Phi) is 4.60. The summed E-state index contributed by atoms with van der Waals surface area (Å²) in [6, 6.07) is 0.665. The first-order valence-electron chi connectivity index (χ1n) is 6.46. The van der Waals surface area contributed by atoms with Gasteiger partial charge in [0.25, 0.3) is 0 Å². The van der Waals surface area contributed by atoms with E-state index in [1.165, 1.54) is 32.5 Å². The van der Waals surface area contributed by atoms with Crippen LogP contribution >= 0.6 is 0 Å². The van der Waals surface area contributed by atoms with Gasteiger partial charge in [-0.25, -0.2) is 0 Å².